The molecule has 9 heteroatoms. The minimum Gasteiger partial charge on any atom is -0.341 e. The number of nitrogens with one attached hydrogen (secondary N) is 1. The summed E-state index contributed by atoms with van der Waals surface area (Å²) in [6.07, 6.45) is 3.41. The van der Waals surface area contributed by atoms with E-state index >= 15 is 0 Å². The smallest absolute Gasteiger partial charge is 0.240 e. The summed E-state index contributed by atoms with van der Waals surface area (Å²) >= 11 is 0. The zero-order valence-electron chi connectivity index (χ0n) is 15.1. The number of para-hydroxylation sites is 1. The third-order valence-electron chi connectivity index (χ3n) is 4.24. The maximum atomic E-state index is 14.5. The van der Waals surface area contributed by atoms with E-state index in [4.69, 9.17) is 0 Å². The lowest BCUT2D eigenvalue weighted by molar-refractivity contribution is 0.588. The summed E-state index contributed by atoms with van der Waals surface area (Å²) in [4.78, 5) is 6.14. The minimum atomic E-state index is -3.63. The molecule has 0 radical (unpaired) electrons. The lowest BCUT2D eigenvalue weighted by Gasteiger charge is -2.24. The highest BCUT2D eigenvalue weighted by atomic mass is 32.2. The molecule has 0 aliphatic heterocycles. The highest BCUT2D eigenvalue weighted by molar-refractivity contribution is 7.89. The minimum absolute atomic E-state index is 0.113. The summed E-state index contributed by atoms with van der Waals surface area (Å²) in [5.74, 6) is -0.371. The van der Waals surface area contributed by atoms with Crippen molar-refractivity contribution in [1.82, 2.24) is 14.3 Å². The maximum absolute atomic E-state index is 14.5. The fourth-order valence-corrected chi connectivity index (χ4v) is 4.05. The van der Waals surface area contributed by atoms with Crippen LogP contribution in [0.4, 0.5) is 15.8 Å². The molecule has 1 aromatic heterocycles. The lowest BCUT2D eigenvalue weighted by Crippen LogP contribution is -2.20. The third kappa shape index (κ3) is 3.74. The van der Waals surface area contributed by atoms with Crippen LogP contribution in [0.2, 0.25) is 0 Å². The van der Waals surface area contributed by atoms with E-state index in [1.807, 2.05) is 7.05 Å². The predicted molar refractivity (Wildman–Crippen MR) is 109 cm³/mol. The molecule has 3 rings (SSSR count). The molecular formula is C18H20FN4O2PS. The summed E-state index contributed by atoms with van der Waals surface area (Å²) < 4.78 is 43.0. The highest BCUT2D eigenvalue weighted by Gasteiger charge is 2.21. The second-order valence-corrected chi connectivity index (χ2v) is 8.56. The van der Waals surface area contributed by atoms with Crippen LogP contribution in [0.25, 0.3) is 11.3 Å². The van der Waals surface area contributed by atoms with E-state index in [2.05, 4.69) is 18.9 Å². The molecule has 0 saturated carbocycles. The van der Waals surface area contributed by atoms with Gasteiger partial charge in [0.2, 0.25) is 10.0 Å². The Morgan fingerprint density at radius 2 is 2.00 bits per heavy atom. The number of hydrogen-bond donors (Lipinski definition) is 1. The second-order valence-electron chi connectivity index (χ2n) is 6.05. The molecule has 0 aliphatic rings. The molecular weight excluding hydrogens is 386 g/mol. The molecule has 0 fully saturated rings. The molecule has 6 nitrogen and oxygen atoms in total. The van der Waals surface area contributed by atoms with Gasteiger partial charge in [-0.25, -0.2) is 22.5 Å². The lowest BCUT2D eigenvalue weighted by atomic mass is 10.1. The van der Waals surface area contributed by atoms with Gasteiger partial charge in [-0.2, -0.15) is 0 Å². The number of imidazole rings is 1. The number of halogens is 1. The van der Waals surface area contributed by atoms with Gasteiger partial charge in [0.05, 0.1) is 28.3 Å². The number of hydrogen-bond acceptors (Lipinski definition) is 4. The van der Waals surface area contributed by atoms with Crippen LogP contribution in [0.5, 0.6) is 0 Å². The third-order valence-corrected chi connectivity index (χ3v) is 6.12. The molecule has 1 unspecified atom stereocenters. The van der Waals surface area contributed by atoms with Crippen molar-refractivity contribution >= 4 is 35.9 Å². The maximum Gasteiger partial charge on any atom is 0.240 e. The van der Waals surface area contributed by atoms with Gasteiger partial charge in [-0.1, -0.05) is 12.1 Å². The van der Waals surface area contributed by atoms with Gasteiger partial charge < -0.3 is 9.47 Å². The van der Waals surface area contributed by atoms with Gasteiger partial charge >= 0.3 is 0 Å². The first-order valence-corrected chi connectivity index (χ1v) is 10.1. The van der Waals surface area contributed by atoms with E-state index in [1.54, 1.807) is 53.3 Å². The quantitative estimate of drug-likeness (QED) is 0.661. The molecule has 1 N–H and O–H groups in total. The molecule has 0 aliphatic carbocycles. The second kappa shape index (κ2) is 7.38. The molecule has 27 heavy (non-hydrogen) atoms. The van der Waals surface area contributed by atoms with Gasteiger partial charge in [-0.3, -0.25) is 0 Å². The normalized spacial score (nSPS) is 11.6. The van der Waals surface area contributed by atoms with Crippen LogP contribution in [0.15, 0.2) is 53.8 Å². The molecule has 0 bridgehead atoms. The SMILES string of the molecule is CNS(=O)(=O)c1ccc(N(C)c2c(F)cccc2P)c(-c2cn(C)cn2)c1. The number of sulfonamides is 1. The van der Waals surface area contributed by atoms with Crippen molar-refractivity contribution in [3.05, 3.63) is 54.7 Å². The predicted octanol–water partition coefficient (Wildman–Crippen LogP) is 2.40. The zero-order valence-corrected chi connectivity index (χ0v) is 17.1. The molecule has 0 saturated heterocycles. The van der Waals surface area contributed by atoms with Crippen LogP contribution in [0.1, 0.15) is 0 Å². The van der Waals surface area contributed by atoms with E-state index in [0.717, 1.165) is 0 Å². The summed E-state index contributed by atoms with van der Waals surface area (Å²) in [7, 11) is 3.81. The fraction of sp³-hybridized carbons (Fsp3) is 0.167. The Bertz CT molecular complexity index is 1080. The zero-order chi connectivity index (χ0) is 19.8. The summed E-state index contributed by atoms with van der Waals surface area (Å²) in [5, 5.41) is 0.691. The van der Waals surface area contributed by atoms with Crippen molar-refractivity contribution in [1.29, 1.82) is 0 Å². The Hall–Kier alpha value is -2.28. The summed E-state index contributed by atoms with van der Waals surface area (Å²) in [5.41, 5.74) is 2.21. The van der Waals surface area contributed by atoms with Crippen LogP contribution in [0, 0.1) is 5.82 Å². The Morgan fingerprint density at radius 1 is 1.26 bits per heavy atom. The van der Waals surface area contributed by atoms with Crippen molar-refractivity contribution in [2.75, 3.05) is 19.0 Å². The average Bonchev–Trinajstić information content (AvgIpc) is 3.07. The van der Waals surface area contributed by atoms with Gasteiger partial charge in [0, 0.05) is 25.9 Å². The number of aryl methyl sites for hydroxylation is 1. The van der Waals surface area contributed by atoms with Crippen molar-refractivity contribution in [2.24, 2.45) is 7.05 Å². The first kappa shape index (κ1) is 19.5. The number of aromatic nitrogens is 2. The van der Waals surface area contributed by atoms with Gasteiger partial charge in [0.25, 0.3) is 0 Å². The number of nitrogens with zero attached hydrogens (tertiary/aromatic N) is 3. The Balaban J connectivity index is 2.23. The van der Waals surface area contributed by atoms with Gasteiger partial charge in [0.15, 0.2) is 0 Å². The summed E-state index contributed by atoms with van der Waals surface area (Å²) in [6.45, 7) is 0. The molecule has 142 valence electrons. The number of benzene rings is 2. The number of anilines is 2. The Morgan fingerprint density at radius 3 is 2.59 bits per heavy atom. The van der Waals surface area contributed by atoms with Gasteiger partial charge in [-0.05, 0) is 36.6 Å². The van der Waals surface area contributed by atoms with Crippen LogP contribution < -0.4 is 14.9 Å². The van der Waals surface area contributed by atoms with Crippen LogP contribution in [0.3, 0.4) is 0 Å². The molecule has 0 amide bonds. The monoisotopic (exact) mass is 406 g/mol. The molecule has 1 heterocycles. The van der Waals surface area contributed by atoms with Crippen molar-refractivity contribution in [2.45, 2.75) is 4.90 Å². The van der Waals surface area contributed by atoms with Crippen LogP contribution >= 0.6 is 9.24 Å². The first-order chi connectivity index (χ1) is 12.7. The molecule has 0 spiro atoms. The van der Waals surface area contributed by atoms with E-state index < -0.39 is 10.0 Å². The van der Waals surface area contributed by atoms with Gasteiger partial charge in [0.1, 0.15) is 5.82 Å². The molecule has 1 atom stereocenters. The van der Waals surface area contributed by atoms with Gasteiger partial charge in [-0.15, -0.1) is 9.24 Å². The standard InChI is InChI=1S/C18H20FN4O2PS/c1-20-27(24,25)12-7-8-16(13(9-12)15-10-22(2)11-21-15)23(3)18-14(19)5-4-6-17(18)26/h4-11,20H,26H2,1-3H3. The molecule has 2 aromatic carbocycles. The topological polar surface area (TPSA) is 67.2 Å². The van der Waals surface area contributed by atoms with Crippen molar-refractivity contribution < 1.29 is 12.8 Å². The largest absolute Gasteiger partial charge is 0.341 e. The van der Waals surface area contributed by atoms with Crippen molar-refractivity contribution in [3.63, 3.8) is 0 Å². The first-order valence-electron chi connectivity index (χ1n) is 8.08. The number of rotatable bonds is 5. The summed E-state index contributed by atoms with van der Waals surface area (Å²) in [6, 6.07) is 9.51. The van der Waals surface area contributed by atoms with Crippen LogP contribution in [-0.2, 0) is 17.1 Å². The Labute approximate surface area is 160 Å². The Kier molecular flexibility index (Phi) is 5.33. The van der Waals surface area contributed by atoms with E-state index in [9.17, 15) is 12.8 Å². The molecule has 3 aromatic rings. The fourth-order valence-electron chi connectivity index (χ4n) is 2.86. The van der Waals surface area contributed by atoms with Crippen molar-refractivity contribution in [3.8, 4) is 11.3 Å². The van der Waals surface area contributed by atoms with E-state index in [-0.39, 0.29) is 10.7 Å². The van der Waals surface area contributed by atoms with Crippen LogP contribution in [-0.4, -0.2) is 32.1 Å². The highest BCUT2D eigenvalue weighted by Crippen LogP contribution is 2.36. The van der Waals surface area contributed by atoms with E-state index in [0.29, 0.717) is 27.9 Å². The average molecular weight is 406 g/mol. The van der Waals surface area contributed by atoms with E-state index in [1.165, 1.54) is 19.2 Å².